The van der Waals surface area contributed by atoms with E-state index in [4.69, 9.17) is 5.11 Å². The second kappa shape index (κ2) is 7.08. The van der Waals surface area contributed by atoms with Gasteiger partial charge in [0.15, 0.2) is 0 Å². The van der Waals surface area contributed by atoms with Crippen molar-refractivity contribution in [2.24, 2.45) is 0 Å². The lowest BCUT2D eigenvalue weighted by Crippen LogP contribution is -2.33. The van der Waals surface area contributed by atoms with Crippen molar-refractivity contribution in [3.8, 4) is 11.8 Å². The van der Waals surface area contributed by atoms with E-state index in [0.717, 1.165) is 31.2 Å². The summed E-state index contributed by atoms with van der Waals surface area (Å²) in [5.74, 6) is 5.65. The van der Waals surface area contributed by atoms with E-state index in [-0.39, 0.29) is 17.5 Å². The van der Waals surface area contributed by atoms with Gasteiger partial charge in [0.25, 0.3) is 0 Å². The van der Waals surface area contributed by atoms with Gasteiger partial charge in [0.1, 0.15) is 0 Å². The van der Waals surface area contributed by atoms with E-state index in [2.05, 4.69) is 16.6 Å². The topological polar surface area (TPSA) is 66.4 Å². The first-order valence-corrected chi connectivity index (χ1v) is 8.74. The molecule has 0 aliphatic heterocycles. The monoisotopic (exact) mass is 307 g/mol. The average Bonchev–Trinajstić information content (AvgIpc) is 2.91. The zero-order valence-corrected chi connectivity index (χ0v) is 13.0. The highest BCUT2D eigenvalue weighted by molar-refractivity contribution is 7.89. The number of benzene rings is 1. The van der Waals surface area contributed by atoms with E-state index in [9.17, 15) is 8.42 Å². The third-order valence-electron chi connectivity index (χ3n) is 3.56. The van der Waals surface area contributed by atoms with Gasteiger partial charge in [-0.3, -0.25) is 0 Å². The molecule has 1 aromatic rings. The molecule has 2 rings (SSSR count). The zero-order valence-electron chi connectivity index (χ0n) is 12.2. The van der Waals surface area contributed by atoms with Crippen LogP contribution in [0.1, 0.15) is 43.2 Å². The highest BCUT2D eigenvalue weighted by Crippen LogP contribution is 2.22. The Morgan fingerprint density at radius 3 is 2.71 bits per heavy atom. The third kappa shape index (κ3) is 4.31. The number of hydrogen-bond acceptors (Lipinski definition) is 3. The molecule has 1 aliphatic rings. The molecular weight excluding hydrogens is 286 g/mol. The summed E-state index contributed by atoms with van der Waals surface area (Å²) in [6.45, 7) is 1.87. The Balaban J connectivity index is 2.31. The lowest BCUT2D eigenvalue weighted by Gasteiger charge is -2.14. The van der Waals surface area contributed by atoms with E-state index in [1.807, 2.05) is 6.92 Å². The summed E-state index contributed by atoms with van der Waals surface area (Å²) >= 11 is 0. The molecule has 0 atom stereocenters. The molecule has 1 saturated carbocycles. The van der Waals surface area contributed by atoms with Gasteiger partial charge in [-0.15, -0.1) is 0 Å². The Hall–Kier alpha value is -1.35. The van der Waals surface area contributed by atoms with Gasteiger partial charge in [0.05, 0.1) is 11.5 Å². The van der Waals surface area contributed by atoms with Crippen LogP contribution in [0, 0.1) is 18.8 Å². The van der Waals surface area contributed by atoms with Crippen molar-refractivity contribution >= 4 is 10.0 Å². The molecule has 4 nitrogen and oxygen atoms in total. The van der Waals surface area contributed by atoms with Crippen molar-refractivity contribution in [2.75, 3.05) is 6.61 Å². The molecule has 114 valence electrons. The van der Waals surface area contributed by atoms with Crippen molar-refractivity contribution < 1.29 is 13.5 Å². The summed E-state index contributed by atoms with van der Waals surface area (Å²) < 4.78 is 27.8. The van der Waals surface area contributed by atoms with Crippen molar-refractivity contribution in [3.05, 3.63) is 29.3 Å². The maximum absolute atomic E-state index is 12.5. The number of rotatable bonds is 4. The van der Waals surface area contributed by atoms with Crippen molar-refractivity contribution in [2.45, 2.75) is 50.0 Å². The molecule has 0 aromatic heterocycles. The van der Waals surface area contributed by atoms with Gasteiger partial charge in [-0.25, -0.2) is 13.1 Å². The molecule has 0 unspecified atom stereocenters. The van der Waals surface area contributed by atoms with Gasteiger partial charge in [-0.2, -0.15) is 0 Å². The summed E-state index contributed by atoms with van der Waals surface area (Å²) in [5, 5.41) is 8.78. The van der Waals surface area contributed by atoms with Gasteiger partial charge in [-0.05, 0) is 37.5 Å². The smallest absolute Gasteiger partial charge is 0.242 e. The van der Waals surface area contributed by atoms with Gasteiger partial charge >= 0.3 is 0 Å². The largest absolute Gasteiger partial charge is 0.395 e. The van der Waals surface area contributed by atoms with Crippen LogP contribution in [0.3, 0.4) is 0 Å². The number of aryl methyl sites for hydroxylation is 1. The van der Waals surface area contributed by atoms with Gasteiger partial charge in [0.2, 0.25) is 10.0 Å². The van der Waals surface area contributed by atoms with Gasteiger partial charge in [0, 0.05) is 18.0 Å². The Morgan fingerprint density at radius 2 is 2.05 bits per heavy atom. The molecule has 2 N–H and O–H groups in total. The van der Waals surface area contributed by atoms with Gasteiger partial charge < -0.3 is 5.11 Å². The maximum Gasteiger partial charge on any atom is 0.242 e. The van der Waals surface area contributed by atoms with Crippen molar-refractivity contribution in [1.29, 1.82) is 0 Å². The average molecular weight is 307 g/mol. The fourth-order valence-electron chi connectivity index (χ4n) is 2.52. The first kappa shape index (κ1) is 16.0. The van der Waals surface area contributed by atoms with Crippen LogP contribution in [0.5, 0.6) is 0 Å². The minimum atomic E-state index is -3.54. The molecule has 0 amide bonds. The minimum absolute atomic E-state index is 0.0266. The molecular formula is C16H21NO3S. The molecule has 0 bridgehead atoms. The molecule has 1 aliphatic carbocycles. The normalized spacial score (nSPS) is 15.7. The summed E-state index contributed by atoms with van der Waals surface area (Å²) in [4.78, 5) is 0.227. The van der Waals surface area contributed by atoms with Crippen LogP contribution in [-0.4, -0.2) is 26.2 Å². The van der Waals surface area contributed by atoms with Crippen LogP contribution in [0.25, 0.3) is 0 Å². The summed E-state index contributed by atoms with van der Waals surface area (Å²) in [6.07, 6.45) is 4.28. The Kier molecular flexibility index (Phi) is 5.40. The van der Waals surface area contributed by atoms with Crippen LogP contribution < -0.4 is 4.72 Å². The van der Waals surface area contributed by atoms with E-state index < -0.39 is 10.0 Å². The minimum Gasteiger partial charge on any atom is -0.395 e. The molecule has 0 heterocycles. The predicted octanol–water partition coefficient (Wildman–Crippen LogP) is 1.95. The molecule has 0 radical (unpaired) electrons. The Morgan fingerprint density at radius 1 is 1.33 bits per heavy atom. The van der Waals surface area contributed by atoms with E-state index in [1.54, 1.807) is 18.2 Å². The summed E-state index contributed by atoms with van der Waals surface area (Å²) in [5.41, 5.74) is 1.46. The first-order chi connectivity index (χ1) is 10.0. The standard InChI is InChI=1S/C16H21NO3S/c1-13-9-10-16(14(12-13)6-4-5-11-18)21(19,20)17-15-7-2-3-8-15/h9-10,12,15,17-18H,2-3,5,7-8,11H2,1H3. The molecule has 5 heteroatoms. The van der Waals surface area contributed by atoms with Crippen LogP contribution in [-0.2, 0) is 10.0 Å². The van der Waals surface area contributed by atoms with Crippen molar-refractivity contribution in [1.82, 2.24) is 4.72 Å². The molecule has 0 spiro atoms. The van der Waals surface area contributed by atoms with Gasteiger partial charge in [-0.1, -0.05) is 30.7 Å². The second-order valence-corrected chi connectivity index (χ2v) is 7.06. The zero-order chi connectivity index (χ0) is 15.3. The van der Waals surface area contributed by atoms with E-state index in [0.29, 0.717) is 12.0 Å². The summed E-state index contributed by atoms with van der Waals surface area (Å²) in [6, 6.07) is 5.19. The fourth-order valence-corrected chi connectivity index (χ4v) is 3.96. The van der Waals surface area contributed by atoms with Crippen LogP contribution in [0.4, 0.5) is 0 Å². The molecule has 1 fully saturated rings. The fraction of sp³-hybridized carbons (Fsp3) is 0.500. The van der Waals surface area contributed by atoms with E-state index >= 15 is 0 Å². The quantitative estimate of drug-likeness (QED) is 0.836. The SMILES string of the molecule is Cc1ccc(S(=O)(=O)NC2CCCC2)c(C#CCCO)c1. The van der Waals surface area contributed by atoms with E-state index in [1.165, 1.54) is 0 Å². The maximum atomic E-state index is 12.5. The number of nitrogens with one attached hydrogen (secondary N) is 1. The highest BCUT2D eigenvalue weighted by Gasteiger charge is 2.24. The second-order valence-electron chi connectivity index (χ2n) is 5.38. The molecule has 21 heavy (non-hydrogen) atoms. The number of hydrogen-bond donors (Lipinski definition) is 2. The predicted molar refractivity (Wildman–Crippen MR) is 82.3 cm³/mol. The molecule has 1 aromatic carbocycles. The third-order valence-corrected chi connectivity index (χ3v) is 5.14. The Labute approximate surface area is 126 Å². The Bertz CT molecular complexity index is 650. The van der Waals surface area contributed by atoms with Crippen LogP contribution >= 0.6 is 0 Å². The number of aliphatic hydroxyl groups is 1. The summed E-state index contributed by atoms with van der Waals surface area (Å²) in [7, 11) is -3.54. The van der Waals surface area contributed by atoms with Crippen LogP contribution in [0.15, 0.2) is 23.1 Å². The van der Waals surface area contributed by atoms with Crippen LogP contribution in [0.2, 0.25) is 0 Å². The molecule has 0 saturated heterocycles. The number of sulfonamides is 1. The lowest BCUT2D eigenvalue weighted by atomic mass is 10.1. The number of aliphatic hydroxyl groups excluding tert-OH is 1. The lowest BCUT2D eigenvalue weighted by molar-refractivity contribution is 0.305. The van der Waals surface area contributed by atoms with Crippen molar-refractivity contribution in [3.63, 3.8) is 0 Å². The highest BCUT2D eigenvalue weighted by atomic mass is 32.2. The first-order valence-electron chi connectivity index (χ1n) is 7.25.